The van der Waals surface area contributed by atoms with Crippen molar-refractivity contribution in [1.82, 2.24) is 25.6 Å². The zero-order valence-corrected chi connectivity index (χ0v) is 21.4. The molecule has 0 bridgehead atoms. The molecule has 3 aromatic rings. The number of hydrogen-bond donors (Lipinski definition) is 4. The number of pyridine rings is 1. The molecule has 8 nitrogen and oxygen atoms in total. The Balaban J connectivity index is 1.65. The molecule has 4 N–H and O–H groups in total. The fourth-order valence-corrected chi connectivity index (χ4v) is 4.23. The third kappa shape index (κ3) is 5.59. The van der Waals surface area contributed by atoms with Crippen LogP contribution in [-0.4, -0.2) is 33.9 Å². The molecule has 0 radical (unpaired) electrons. The molecule has 1 aliphatic heterocycles. The second-order valence-corrected chi connectivity index (χ2v) is 10.6. The van der Waals surface area contributed by atoms with Gasteiger partial charge >= 0.3 is 0 Å². The number of hydrogen-bond acceptors (Lipinski definition) is 7. The topological polar surface area (TPSA) is 104 Å². The number of benzene rings is 1. The maximum atomic E-state index is 12.7. The van der Waals surface area contributed by atoms with Crippen LogP contribution < -0.4 is 21.3 Å². The lowest BCUT2D eigenvalue weighted by atomic mass is 9.79. The van der Waals surface area contributed by atoms with Crippen molar-refractivity contribution >= 4 is 29.0 Å². The van der Waals surface area contributed by atoms with Gasteiger partial charge in [-0.3, -0.25) is 9.78 Å². The lowest BCUT2D eigenvalue weighted by molar-refractivity contribution is 0.0956. The summed E-state index contributed by atoms with van der Waals surface area (Å²) in [5.41, 5.74) is 5.63. The minimum atomic E-state index is -0.228. The van der Waals surface area contributed by atoms with Crippen molar-refractivity contribution in [2.75, 3.05) is 23.7 Å². The van der Waals surface area contributed by atoms with E-state index in [1.54, 1.807) is 12.4 Å². The fourth-order valence-electron chi connectivity index (χ4n) is 4.23. The number of rotatable bonds is 6. The third-order valence-electron chi connectivity index (χ3n) is 6.13. The van der Waals surface area contributed by atoms with E-state index < -0.39 is 0 Å². The number of nitrogens with zero attached hydrogens (tertiary/aromatic N) is 3. The summed E-state index contributed by atoms with van der Waals surface area (Å²) in [7, 11) is 0. The van der Waals surface area contributed by atoms with Gasteiger partial charge in [0.15, 0.2) is 0 Å². The molecule has 0 aliphatic carbocycles. The number of carbonyl (C=O) groups is 1. The van der Waals surface area contributed by atoms with Gasteiger partial charge in [-0.15, -0.1) is 0 Å². The molecule has 0 saturated heterocycles. The van der Waals surface area contributed by atoms with Gasteiger partial charge in [0.25, 0.3) is 5.91 Å². The van der Waals surface area contributed by atoms with Crippen LogP contribution in [0.2, 0.25) is 0 Å². The predicted molar refractivity (Wildman–Crippen MR) is 141 cm³/mol. The monoisotopic (exact) mass is 473 g/mol. The second-order valence-electron chi connectivity index (χ2n) is 10.6. The average Bonchev–Trinajstić information content (AvgIpc) is 2.79. The summed E-state index contributed by atoms with van der Waals surface area (Å²) in [5.74, 6) is 0.614. The molecule has 35 heavy (non-hydrogen) atoms. The summed E-state index contributed by atoms with van der Waals surface area (Å²) >= 11 is 0. The standard InChI is InChI=1S/C27H35N7O/c1-7-29-24(35)20-15-31-25(33-18-8-9-21-17(12-18)14-28-16-27(21,5)6)34-23(20)32-19-10-11-30-22(13-19)26(2,3)4/h8-13,15,28H,7,14,16H2,1-6H3,(H,29,35)(H2,30,31,32,33,34). The summed E-state index contributed by atoms with van der Waals surface area (Å²) in [4.78, 5) is 26.3. The van der Waals surface area contributed by atoms with Gasteiger partial charge in [0.1, 0.15) is 11.4 Å². The molecule has 184 valence electrons. The Morgan fingerprint density at radius 1 is 1.09 bits per heavy atom. The van der Waals surface area contributed by atoms with Crippen molar-refractivity contribution in [2.45, 2.75) is 58.9 Å². The maximum absolute atomic E-state index is 12.7. The van der Waals surface area contributed by atoms with Crippen LogP contribution in [0.4, 0.5) is 23.1 Å². The molecule has 8 heteroatoms. The first-order valence-corrected chi connectivity index (χ1v) is 12.1. The van der Waals surface area contributed by atoms with Crippen LogP contribution in [0.3, 0.4) is 0 Å². The van der Waals surface area contributed by atoms with E-state index in [1.807, 2.05) is 19.1 Å². The quantitative estimate of drug-likeness (QED) is 0.408. The number of amides is 1. The van der Waals surface area contributed by atoms with E-state index in [-0.39, 0.29) is 16.7 Å². The highest BCUT2D eigenvalue weighted by molar-refractivity contribution is 5.99. The van der Waals surface area contributed by atoms with Crippen molar-refractivity contribution in [2.24, 2.45) is 0 Å². The molecule has 2 aromatic heterocycles. The Kier molecular flexibility index (Phi) is 6.76. The second kappa shape index (κ2) is 9.62. The smallest absolute Gasteiger partial charge is 0.256 e. The van der Waals surface area contributed by atoms with E-state index in [1.165, 1.54) is 11.1 Å². The Labute approximate surface area is 207 Å². The van der Waals surface area contributed by atoms with Crippen molar-refractivity contribution in [1.29, 1.82) is 0 Å². The zero-order chi connectivity index (χ0) is 25.2. The van der Waals surface area contributed by atoms with Gasteiger partial charge in [0, 0.05) is 59.9 Å². The molecule has 4 rings (SSSR count). The molecule has 3 heterocycles. The van der Waals surface area contributed by atoms with Gasteiger partial charge < -0.3 is 21.3 Å². The van der Waals surface area contributed by atoms with Gasteiger partial charge in [-0.25, -0.2) is 4.98 Å². The van der Waals surface area contributed by atoms with Crippen molar-refractivity contribution in [3.63, 3.8) is 0 Å². The van der Waals surface area contributed by atoms with Gasteiger partial charge in [0.05, 0.1) is 0 Å². The fraction of sp³-hybridized carbons (Fsp3) is 0.407. The molecule has 0 fully saturated rings. The lowest BCUT2D eigenvalue weighted by Crippen LogP contribution is -2.38. The minimum absolute atomic E-state index is 0.0877. The Morgan fingerprint density at radius 2 is 1.86 bits per heavy atom. The first kappa shape index (κ1) is 24.6. The number of anilines is 4. The molecule has 0 saturated carbocycles. The van der Waals surface area contributed by atoms with E-state index in [9.17, 15) is 4.79 Å². The third-order valence-corrected chi connectivity index (χ3v) is 6.13. The van der Waals surface area contributed by atoms with Crippen LogP contribution in [-0.2, 0) is 17.4 Å². The Bertz CT molecular complexity index is 1230. The lowest BCUT2D eigenvalue weighted by Gasteiger charge is -2.33. The highest BCUT2D eigenvalue weighted by Crippen LogP contribution is 2.32. The summed E-state index contributed by atoms with van der Waals surface area (Å²) in [5, 5.41) is 12.9. The Morgan fingerprint density at radius 3 is 2.60 bits per heavy atom. The number of aromatic nitrogens is 3. The summed E-state index contributed by atoms with van der Waals surface area (Å²) in [6, 6.07) is 10.2. The van der Waals surface area contributed by atoms with Crippen LogP contribution in [0.25, 0.3) is 0 Å². The van der Waals surface area contributed by atoms with Gasteiger partial charge in [0.2, 0.25) is 5.95 Å². The van der Waals surface area contributed by atoms with Crippen LogP contribution in [0.5, 0.6) is 0 Å². The minimum Gasteiger partial charge on any atom is -0.352 e. The van der Waals surface area contributed by atoms with E-state index in [4.69, 9.17) is 0 Å². The van der Waals surface area contributed by atoms with Gasteiger partial charge in [-0.05, 0) is 42.3 Å². The number of carbonyl (C=O) groups excluding carboxylic acids is 1. The van der Waals surface area contributed by atoms with Crippen LogP contribution in [0, 0.1) is 0 Å². The SMILES string of the molecule is CCNC(=O)c1cnc(Nc2ccc3c(c2)CNCC3(C)C)nc1Nc1ccnc(C(C)(C)C)c1. The summed E-state index contributed by atoms with van der Waals surface area (Å²) in [6.45, 7) is 15.0. The predicted octanol–water partition coefficient (Wildman–Crippen LogP) is 4.79. The molecule has 0 unspecified atom stereocenters. The summed E-state index contributed by atoms with van der Waals surface area (Å²) in [6.07, 6.45) is 3.31. The largest absolute Gasteiger partial charge is 0.352 e. The molecule has 1 amide bonds. The van der Waals surface area contributed by atoms with E-state index in [0.717, 1.165) is 30.2 Å². The number of nitrogens with one attached hydrogen (secondary N) is 4. The van der Waals surface area contributed by atoms with Gasteiger partial charge in [-0.2, -0.15) is 4.98 Å². The van der Waals surface area contributed by atoms with Crippen molar-refractivity contribution in [3.05, 3.63) is 65.1 Å². The van der Waals surface area contributed by atoms with E-state index in [0.29, 0.717) is 23.9 Å². The highest BCUT2D eigenvalue weighted by Gasteiger charge is 2.27. The molecule has 0 atom stereocenters. The first-order chi connectivity index (χ1) is 16.6. The van der Waals surface area contributed by atoms with E-state index in [2.05, 4.69) is 89.0 Å². The maximum Gasteiger partial charge on any atom is 0.256 e. The van der Waals surface area contributed by atoms with Gasteiger partial charge in [-0.1, -0.05) is 40.7 Å². The van der Waals surface area contributed by atoms with E-state index >= 15 is 0 Å². The van der Waals surface area contributed by atoms with Crippen molar-refractivity contribution in [3.8, 4) is 0 Å². The number of fused-ring (bicyclic) bond motifs is 1. The van der Waals surface area contributed by atoms with Crippen LogP contribution >= 0.6 is 0 Å². The average molecular weight is 474 g/mol. The van der Waals surface area contributed by atoms with Crippen molar-refractivity contribution < 1.29 is 4.79 Å². The molecule has 0 spiro atoms. The highest BCUT2D eigenvalue weighted by atomic mass is 16.1. The summed E-state index contributed by atoms with van der Waals surface area (Å²) < 4.78 is 0. The normalized spacial score (nSPS) is 14.7. The molecular weight excluding hydrogens is 438 g/mol. The molecular formula is C27H35N7O. The van der Waals surface area contributed by atoms with Crippen LogP contribution in [0.15, 0.2) is 42.7 Å². The Hall–Kier alpha value is -3.52. The zero-order valence-electron chi connectivity index (χ0n) is 21.4. The molecule has 1 aliphatic rings. The first-order valence-electron chi connectivity index (χ1n) is 12.1. The van der Waals surface area contributed by atoms with Crippen LogP contribution in [0.1, 0.15) is 68.7 Å². The molecule has 1 aromatic carbocycles.